The van der Waals surface area contributed by atoms with Gasteiger partial charge in [-0.1, -0.05) is 11.6 Å². The van der Waals surface area contributed by atoms with Crippen molar-refractivity contribution in [2.45, 2.75) is 28.8 Å². The van der Waals surface area contributed by atoms with E-state index in [0.717, 1.165) is 6.07 Å². The van der Waals surface area contributed by atoms with E-state index in [2.05, 4.69) is 0 Å². The lowest BCUT2D eigenvalue weighted by atomic mass is 10.0. The molecule has 18 heavy (non-hydrogen) atoms. The summed E-state index contributed by atoms with van der Waals surface area (Å²) in [6.45, 7) is 0. The van der Waals surface area contributed by atoms with Crippen LogP contribution < -0.4 is 5.73 Å². The molecule has 0 fully saturated rings. The summed E-state index contributed by atoms with van der Waals surface area (Å²) in [5.41, 5.74) is 5.74. The summed E-state index contributed by atoms with van der Waals surface area (Å²) in [6, 6.07) is 2.62. The highest BCUT2D eigenvalue weighted by Crippen LogP contribution is 2.42. The van der Waals surface area contributed by atoms with Crippen molar-refractivity contribution in [3.8, 4) is 0 Å². The highest BCUT2D eigenvalue weighted by Gasteiger charge is 2.53. The highest BCUT2D eigenvalue weighted by molar-refractivity contribution is 7.92. The first kappa shape index (κ1) is 13.6. The van der Waals surface area contributed by atoms with E-state index in [1.807, 2.05) is 0 Å². The molecule has 100 valence electrons. The molecule has 0 aromatic heterocycles. The molecule has 2 atom stereocenters. The fourth-order valence-electron chi connectivity index (χ4n) is 2.02. The Morgan fingerprint density at radius 2 is 1.94 bits per heavy atom. The maximum Gasteiger partial charge on any atom is 0.405 e. The molecule has 0 bridgehead atoms. The lowest BCUT2D eigenvalue weighted by molar-refractivity contribution is -0.132. The minimum atomic E-state index is -4.83. The number of rotatable bonds is 0. The topological polar surface area (TPSA) is 60.2 Å². The Morgan fingerprint density at radius 3 is 2.50 bits per heavy atom. The van der Waals surface area contributed by atoms with Gasteiger partial charge in [0, 0.05) is 11.1 Å². The third kappa shape index (κ3) is 2.10. The predicted octanol–water partition coefficient (Wildman–Crippen LogP) is 2.45. The molecule has 8 heteroatoms. The molecule has 1 aromatic rings. The molecule has 0 radical (unpaired) electrons. The Bertz CT molecular complexity index is 585. The van der Waals surface area contributed by atoms with E-state index in [4.69, 9.17) is 17.3 Å². The van der Waals surface area contributed by atoms with Crippen molar-refractivity contribution in [2.24, 2.45) is 5.73 Å². The lowest BCUT2D eigenvalue weighted by Crippen LogP contribution is -2.43. The van der Waals surface area contributed by atoms with Crippen molar-refractivity contribution in [1.29, 1.82) is 0 Å². The van der Waals surface area contributed by atoms with Gasteiger partial charge >= 0.3 is 6.18 Å². The Kier molecular flexibility index (Phi) is 3.11. The number of sulfone groups is 1. The molecule has 0 saturated carbocycles. The standard InChI is InChI=1S/C10H9ClF3NO2S/c11-5-1-2-8-6(3-5)7(15)4-9(10(12,13)14)18(8,16)17/h1-3,7,9H,4,15H2. The minimum absolute atomic E-state index is 0.142. The first-order valence-electron chi connectivity index (χ1n) is 4.99. The molecule has 2 N–H and O–H groups in total. The quantitative estimate of drug-likeness (QED) is 0.800. The van der Waals surface area contributed by atoms with Crippen LogP contribution in [-0.4, -0.2) is 19.8 Å². The van der Waals surface area contributed by atoms with Crippen LogP contribution in [0.3, 0.4) is 0 Å². The van der Waals surface area contributed by atoms with Gasteiger partial charge in [-0.2, -0.15) is 13.2 Å². The lowest BCUT2D eigenvalue weighted by Gasteiger charge is -2.30. The largest absolute Gasteiger partial charge is 0.405 e. The molecule has 3 nitrogen and oxygen atoms in total. The molecule has 1 heterocycles. The fraction of sp³-hybridized carbons (Fsp3) is 0.400. The van der Waals surface area contributed by atoms with Gasteiger partial charge in [0.25, 0.3) is 0 Å². The van der Waals surface area contributed by atoms with Gasteiger partial charge in [0.05, 0.1) is 4.90 Å². The second-order valence-corrected chi connectivity index (χ2v) is 6.63. The van der Waals surface area contributed by atoms with Crippen LogP contribution in [-0.2, 0) is 9.84 Å². The number of fused-ring (bicyclic) bond motifs is 1. The first-order chi connectivity index (χ1) is 8.14. The smallest absolute Gasteiger partial charge is 0.324 e. The monoisotopic (exact) mass is 299 g/mol. The number of hydrogen-bond acceptors (Lipinski definition) is 3. The summed E-state index contributed by atoms with van der Waals surface area (Å²) in [6.07, 6.45) is -5.51. The van der Waals surface area contributed by atoms with Crippen molar-refractivity contribution in [3.63, 3.8) is 0 Å². The van der Waals surface area contributed by atoms with Crippen LogP contribution in [0.25, 0.3) is 0 Å². The van der Waals surface area contributed by atoms with Crippen LogP contribution in [0.1, 0.15) is 18.0 Å². The zero-order valence-electron chi connectivity index (χ0n) is 8.91. The number of nitrogens with two attached hydrogens (primary N) is 1. The molecule has 1 aliphatic heterocycles. The van der Waals surface area contributed by atoms with Gasteiger partial charge in [-0.05, 0) is 30.2 Å². The highest BCUT2D eigenvalue weighted by atomic mass is 35.5. The zero-order chi connectivity index (χ0) is 13.7. The van der Waals surface area contributed by atoms with Crippen LogP contribution in [0.5, 0.6) is 0 Å². The van der Waals surface area contributed by atoms with Crippen molar-refractivity contribution < 1.29 is 21.6 Å². The normalized spacial score (nSPS) is 26.7. The van der Waals surface area contributed by atoms with Gasteiger partial charge in [0.2, 0.25) is 0 Å². The molecular weight excluding hydrogens is 291 g/mol. The van der Waals surface area contributed by atoms with Crippen LogP contribution in [0.2, 0.25) is 5.02 Å². The Hall–Kier alpha value is -0.790. The van der Waals surface area contributed by atoms with E-state index in [-0.39, 0.29) is 15.5 Å². The Labute approximate surface area is 107 Å². The Morgan fingerprint density at radius 1 is 1.33 bits per heavy atom. The van der Waals surface area contributed by atoms with E-state index in [1.54, 1.807) is 0 Å². The number of benzene rings is 1. The third-order valence-electron chi connectivity index (χ3n) is 2.89. The second kappa shape index (κ2) is 4.11. The molecule has 1 aromatic carbocycles. The van der Waals surface area contributed by atoms with Crippen LogP contribution in [0, 0.1) is 0 Å². The summed E-state index contributed by atoms with van der Waals surface area (Å²) in [7, 11) is -4.45. The molecule has 0 saturated heterocycles. The van der Waals surface area contributed by atoms with Gasteiger partial charge in [0.1, 0.15) is 0 Å². The van der Waals surface area contributed by atoms with E-state index in [0.29, 0.717) is 0 Å². The third-order valence-corrected chi connectivity index (χ3v) is 5.31. The molecule has 0 spiro atoms. The number of hydrogen-bond donors (Lipinski definition) is 1. The van der Waals surface area contributed by atoms with Crippen molar-refractivity contribution in [1.82, 2.24) is 0 Å². The second-order valence-electron chi connectivity index (χ2n) is 4.10. The van der Waals surface area contributed by atoms with Crippen LogP contribution in [0.4, 0.5) is 13.2 Å². The maximum absolute atomic E-state index is 12.7. The molecule has 1 aliphatic rings. The molecule has 0 aliphatic carbocycles. The van der Waals surface area contributed by atoms with Crippen molar-refractivity contribution >= 4 is 21.4 Å². The summed E-state index contributed by atoms with van der Waals surface area (Å²) in [4.78, 5) is -0.382. The van der Waals surface area contributed by atoms with Crippen molar-refractivity contribution in [3.05, 3.63) is 28.8 Å². The van der Waals surface area contributed by atoms with E-state index < -0.39 is 33.7 Å². The zero-order valence-corrected chi connectivity index (χ0v) is 10.5. The Balaban J connectivity index is 2.65. The minimum Gasteiger partial charge on any atom is -0.324 e. The number of halogens is 4. The maximum atomic E-state index is 12.7. The van der Waals surface area contributed by atoms with Crippen LogP contribution in [0.15, 0.2) is 23.1 Å². The summed E-state index contributed by atoms with van der Waals surface area (Å²) < 4.78 is 61.9. The SMILES string of the molecule is NC1CC(C(F)(F)F)S(=O)(=O)c2ccc(Cl)cc21. The van der Waals surface area contributed by atoms with Crippen LogP contribution >= 0.6 is 11.6 Å². The number of alkyl halides is 3. The van der Waals surface area contributed by atoms with E-state index in [9.17, 15) is 21.6 Å². The molecular formula is C10H9ClF3NO2S. The van der Waals surface area contributed by atoms with Gasteiger partial charge in [-0.25, -0.2) is 8.42 Å². The predicted molar refractivity (Wildman–Crippen MR) is 60.0 cm³/mol. The van der Waals surface area contributed by atoms with Gasteiger partial charge in [-0.15, -0.1) is 0 Å². The molecule has 2 rings (SSSR count). The summed E-state index contributed by atoms with van der Waals surface area (Å²) in [5.74, 6) is 0. The average Bonchev–Trinajstić information content (AvgIpc) is 2.21. The van der Waals surface area contributed by atoms with E-state index in [1.165, 1.54) is 12.1 Å². The van der Waals surface area contributed by atoms with E-state index >= 15 is 0 Å². The fourth-order valence-corrected chi connectivity index (χ4v) is 4.11. The summed E-state index contributed by atoms with van der Waals surface area (Å²) in [5, 5.41) is -2.21. The molecule has 0 amide bonds. The van der Waals surface area contributed by atoms with Gasteiger partial charge < -0.3 is 5.73 Å². The average molecular weight is 300 g/mol. The van der Waals surface area contributed by atoms with Gasteiger partial charge in [-0.3, -0.25) is 0 Å². The molecule has 2 unspecified atom stereocenters. The first-order valence-corrected chi connectivity index (χ1v) is 6.92. The van der Waals surface area contributed by atoms with Gasteiger partial charge in [0.15, 0.2) is 15.1 Å². The van der Waals surface area contributed by atoms with Crippen molar-refractivity contribution in [2.75, 3.05) is 0 Å². The summed E-state index contributed by atoms with van der Waals surface area (Å²) >= 11 is 5.69.